The predicted molar refractivity (Wildman–Crippen MR) is 80.4 cm³/mol. The average Bonchev–Trinajstić information content (AvgIpc) is 3.21. The van der Waals surface area contributed by atoms with Crippen molar-refractivity contribution in [2.45, 2.75) is 0 Å². The van der Waals surface area contributed by atoms with E-state index in [1.807, 2.05) is 36.5 Å². The molecular weight excluding hydrogens is 314 g/mol. The molecule has 0 saturated carbocycles. The van der Waals surface area contributed by atoms with Crippen molar-refractivity contribution in [2.24, 2.45) is 0 Å². The standard InChI is InChI=1S/C15H9N5O4/c21-15(22)23-14-18-13(19-24-14)10-4-1-3-9(7-10)11-8-20-12(17-11)5-2-6-16-20/h1-8H,(H,21,22). The van der Waals surface area contributed by atoms with Gasteiger partial charge in [0.2, 0.25) is 5.82 Å². The Balaban J connectivity index is 1.70. The summed E-state index contributed by atoms with van der Waals surface area (Å²) in [7, 11) is 0. The number of imidazole rings is 1. The Hall–Kier alpha value is -3.75. The third kappa shape index (κ3) is 2.54. The molecule has 0 aliphatic rings. The molecule has 0 bridgehead atoms. The molecule has 0 radical (unpaired) electrons. The van der Waals surface area contributed by atoms with Crippen LogP contribution in [-0.4, -0.2) is 36.0 Å². The molecule has 0 fully saturated rings. The van der Waals surface area contributed by atoms with Crippen LogP contribution in [0.15, 0.2) is 53.3 Å². The zero-order chi connectivity index (χ0) is 16.5. The zero-order valence-electron chi connectivity index (χ0n) is 12.0. The molecule has 9 nitrogen and oxygen atoms in total. The fourth-order valence-corrected chi connectivity index (χ4v) is 2.23. The Morgan fingerprint density at radius 3 is 2.88 bits per heavy atom. The fourth-order valence-electron chi connectivity index (χ4n) is 2.23. The quantitative estimate of drug-likeness (QED) is 0.572. The molecule has 3 aromatic heterocycles. The monoisotopic (exact) mass is 323 g/mol. The molecule has 0 unspecified atom stereocenters. The van der Waals surface area contributed by atoms with Gasteiger partial charge in [-0.1, -0.05) is 23.4 Å². The van der Waals surface area contributed by atoms with Gasteiger partial charge in [-0.05, 0) is 18.2 Å². The number of carbonyl (C=O) groups is 1. The molecule has 3 heterocycles. The Bertz CT molecular complexity index is 1010. The van der Waals surface area contributed by atoms with Crippen LogP contribution >= 0.6 is 0 Å². The van der Waals surface area contributed by atoms with Gasteiger partial charge in [0.1, 0.15) is 0 Å². The van der Waals surface area contributed by atoms with Crippen molar-refractivity contribution in [2.75, 3.05) is 0 Å². The van der Waals surface area contributed by atoms with Crippen molar-refractivity contribution in [3.05, 3.63) is 48.8 Å². The lowest BCUT2D eigenvalue weighted by atomic mass is 10.1. The summed E-state index contributed by atoms with van der Waals surface area (Å²) in [5, 5.41) is 16.4. The zero-order valence-corrected chi connectivity index (χ0v) is 12.0. The van der Waals surface area contributed by atoms with Crippen molar-refractivity contribution in [3.63, 3.8) is 0 Å². The number of benzene rings is 1. The normalized spacial score (nSPS) is 10.8. The van der Waals surface area contributed by atoms with Crippen molar-refractivity contribution < 1.29 is 19.2 Å². The van der Waals surface area contributed by atoms with Gasteiger partial charge in [0.05, 0.1) is 11.9 Å². The van der Waals surface area contributed by atoms with E-state index in [-0.39, 0.29) is 5.82 Å². The van der Waals surface area contributed by atoms with Crippen LogP contribution < -0.4 is 4.74 Å². The molecule has 118 valence electrons. The van der Waals surface area contributed by atoms with Gasteiger partial charge in [-0.15, -0.1) is 0 Å². The van der Waals surface area contributed by atoms with E-state index in [2.05, 4.69) is 25.0 Å². The van der Waals surface area contributed by atoms with E-state index < -0.39 is 12.2 Å². The first-order chi connectivity index (χ1) is 11.7. The Morgan fingerprint density at radius 1 is 1.17 bits per heavy atom. The molecule has 0 aliphatic carbocycles. The number of ether oxygens (including phenoxy) is 1. The Kier molecular flexibility index (Phi) is 3.16. The molecule has 0 saturated heterocycles. The minimum atomic E-state index is -1.52. The highest BCUT2D eigenvalue weighted by atomic mass is 16.7. The van der Waals surface area contributed by atoms with Gasteiger partial charge in [-0.2, -0.15) is 10.1 Å². The number of carboxylic acid groups (broad SMARTS) is 1. The van der Waals surface area contributed by atoms with E-state index in [9.17, 15) is 4.79 Å². The topological polar surface area (TPSA) is 116 Å². The van der Waals surface area contributed by atoms with Crippen LogP contribution in [0.1, 0.15) is 0 Å². The molecular formula is C15H9N5O4. The van der Waals surface area contributed by atoms with Crippen LogP contribution in [0.25, 0.3) is 28.3 Å². The summed E-state index contributed by atoms with van der Waals surface area (Å²) in [5.41, 5.74) is 2.95. The first-order valence-electron chi connectivity index (χ1n) is 6.85. The van der Waals surface area contributed by atoms with E-state index in [0.717, 1.165) is 16.9 Å². The maximum atomic E-state index is 10.5. The van der Waals surface area contributed by atoms with Gasteiger partial charge in [0.15, 0.2) is 5.65 Å². The average molecular weight is 323 g/mol. The molecule has 0 spiro atoms. The molecule has 9 heteroatoms. The van der Waals surface area contributed by atoms with Crippen molar-refractivity contribution in [1.29, 1.82) is 0 Å². The van der Waals surface area contributed by atoms with Crippen LogP contribution in [0.3, 0.4) is 0 Å². The van der Waals surface area contributed by atoms with Crippen LogP contribution in [-0.2, 0) is 0 Å². The van der Waals surface area contributed by atoms with Gasteiger partial charge in [-0.3, -0.25) is 4.52 Å². The van der Waals surface area contributed by atoms with E-state index in [4.69, 9.17) is 9.63 Å². The van der Waals surface area contributed by atoms with E-state index >= 15 is 0 Å². The van der Waals surface area contributed by atoms with Gasteiger partial charge in [0.25, 0.3) is 0 Å². The first kappa shape index (κ1) is 13.9. The van der Waals surface area contributed by atoms with Gasteiger partial charge in [0, 0.05) is 17.3 Å². The lowest BCUT2D eigenvalue weighted by Gasteiger charge is -1.98. The third-order valence-corrected chi connectivity index (χ3v) is 3.24. The fraction of sp³-hybridized carbons (Fsp3) is 0. The van der Waals surface area contributed by atoms with Crippen LogP contribution in [0.2, 0.25) is 0 Å². The Morgan fingerprint density at radius 2 is 2.04 bits per heavy atom. The predicted octanol–water partition coefficient (Wildman–Crippen LogP) is 2.50. The van der Waals surface area contributed by atoms with E-state index in [0.29, 0.717) is 5.56 Å². The summed E-state index contributed by atoms with van der Waals surface area (Å²) in [5.74, 6) is 0.218. The first-order valence-corrected chi connectivity index (χ1v) is 6.85. The minimum Gasteiger partial charge on any atom is -0.449 e. The molecule has 0 amide bonds. The molecule has 4 rings (SSSR count). The van der Waals surface area contributed by atoms with Crippen molar-refractivity contribution in [3.8, 4) is 28.7 Å². The maximum Gasteiger partial charge on any atom is 0.514 e. The summed E-state index contributed by atoms with van der Waals surface area (Å²) >= 11 is 0. The second kappa shape index (κ2) is 5.47. The highest BCUT2D eigenvalue weighted by Gasteiger charge is 2.14. The van der Waals surface area contributed by atoms with Crippen LogP contribution in [0.4, 0.5) is 4.79 Å². The van der Waals surface area contributed by atoms with Crippen LogP contribution in [0.5, 0.6) is 6.08 Å². The number of rotatable bonds is 3. The summed E-state index contributed by atoms with van der Waals surface area (Å²) in [6.07, 6.45) is 1.54. The van der Waals surface area contributed by atoms with Crippen molar-refractivity contribution in [1.82, 2.24) is 24.7 Å². The van der Waals surface area contributed by atoms with Gasteiger partial charge in [-0.25, -0.2) is 14.3 Å². The van der Waals surface area contributed by atoms with E-state index in [1.54, 1.807) is 16.8 Å². The maximum absolute atomic E-state index is 10.5. The van der Waals surface area contributed by atoms with E-state index in [1.165, 1.54) is 0 Å². The summed E-state index contributed by atoms with van der Waals surface area (Å²) < 4.78 is 10.7. The van der Waals surface area contributed by atoms with Gasteiger partial charge >= 0.3 is 12.2 Å². The molecule has 4 aromatic rings. The van der Waals surface area contributed by atoms with Crippen LogP contribution in [0, 0.1) is 0 Å². The second-order valence-electron chi connectivity index (χ2n) is 4.79. The van der Waals surface area contributed by atoms with Gasteiger partial charge < -0.3 is 9.84 Å². The molecule has 0 atom stereocenters. The number of aromatic nitrogens is 5. The SMILES string of the molecule is O=C(O)Oc1nc(-c2cccc(-c3cn4ncccc4n3)c2)no1. The summed E-state index contributed by atoms with van der Waals surface area (Å²) in [6, 6.07) is 11.0. The lowest BCUT2D eigenvalue weighted by molar-refractivity contribution is 0.125. The molecule has 1 aromatic carbocycles. The largest absolute Gasteiger partial charge is 0.514 e. The number of hydrogen-bond donors (Lipinski definition) is 1. The summed E-state index contributed by atoms with van der Waals surface area (Å²) in [6.45, 7) is 0. The molecule has 24 heavy (non-hydrogen) atoms. The third-order valence-electron chi connectivity index (χ3n) is 3.24. The molecule has 1 N–H and O–H groups in total. The second-order valence-corrected chi connectivity index (χ2v) is 4.79. The highest BCUT2D eigenvalue weighted by molar-refractivity contribution is 5.69. The minimum absolute atomic E-state index is 0.218. The molecule has 0 aliphatic heterocycles. The van der Waals surface area contributed by atoms with Crippen molar-refractivity contribution >= 4 is 11.8 Å². The summed E-state index contributed by atoms with van der Waals surface area (Å²) in [4.78, 5) is 18.8. The number of fused-ring (bicyclic) bond motifs is 1. The lowest BCUT2D eigenvalue weighted by Crippen LogP contribution is -2.02. The smallest absolute Gasteiger partial charge is 0.449 e. The highest BCUT2D eigenvalue weighted by Crippen LogP contribution is 2.25. The number of nitrogens with zero attached hydrogens (tertiary/aromatic N) is 5. The number of hydrogen-bond acceptors (Lipinski definition) is 7. The Labute approximate surface area is 134 Å².